The summed E-state index contributed by atoms with van der Waals surface area (Å²) in [6.07, 6.45) is 0.800. The molecule has 0 aliphatic heterocycles. The molecule has 0 radical (unpaired) electrons. The van der Waals surface area contributed by atoms with Crippen molar-refractivity contribution in [2.75, 3.05) is 16.4 Å². The molecule has 0 fully saturated rings. The van der Waals surface area contributed by atoms with Gasteiger partial charge < -0.3 is 9.88 Å². The second-order valence-electron chi connectivity index (χ2n) is 5.69. The maximum atomic E-state index is 12.2. The van der Waals surface area contributed by atoms with E-state index in [4.69, 9.17) is 11.6 Å². The Morgan fingerprint density at radius 1 is 1.18 bits per heavy atom. The molecule has 8 nitrogen and oxygen atoms in total. The number of hydrogen-bond acceptors (Lipinski definition) is 8. The normalized spacial score (nSPS) is 10.8. The summed E-state index contributed by atoms with van der Waals surface area (Å²) < 4.78 is 1.99. The molecule has 0 atom stereocenters. The largest absolute Gasteiger partial charge is 0.378 e. The van der Waals surface area contributed by atoms with Gasteiger partial charge in [-0.1, -0.05) is 41.6 Å². The average Bonchev–Trinajstić information content (AvgIpc) is 3.32. The lowest BCUT2D eigenvalue weighted by Gasteiger charge is -2.09. The highest BCUT2D eigenvalue weighted by atomic mass is 35.5. The van der Waals surface area contributed by atoms with E-state index in [1.807, 2.05) is 42.7 Å². The first kappa shape index (κ1) is 20.6. The number of nitrogens with one attached hydrogen (secondary N) is 2. The Morgan fingerprint density at radius 2 is 1.96 bits per heavy atom. The third kappa shape index (κ3) is 5.43. The minimum Gasteiger partial charge on any atom is -0.378 e. The SMILES string of the molecule is CCc1nnc(NC(=O)CSc2nnc(CNc3ccc(Cl)cc3)n2CC)s1. The Labute approximate surface area is 176 Å². The van der Waals surface area contributed by atoms with Crippen LogP contribution in [0.25, 0.3) is 0 Å². The Kier molecular flexibility index (Phi) is 7.24. The van der Waals surface area contributed by atoms with Crippen molar-refractivity contribution in [3.05, 3.63) is 40.1 Å². The summed E-state index contributed by atoms with van der Waals surface area (Å²) in [6.45, 7) is 5.26. The van der Waals surface area contributed by atoms with Crippen LogP contribution in [0.15, 0.2) is 29.4 Å². The van der Waals surface area contributed by atoms with Crippen LogP contribution < -0.4 is 10.6 Å². The number of carbonyl (C=O) groups is 1. The second-order valence-corrected chi connectivity index (χ2v) is 8.14. The number of thioether (sulfide) groups is 1. The molecule has 2 aromatic heterocycles. The summed E-state index contributed by atoms with van der Waals surface area (Å²) >= 11 is 8.63. The standard InChI is InChI=1S/C17H20ClN7OS2/c1-3-15-22-23-16(28-15)20-14(26)10-27-17-24-21-13(25(17)4-2)9-19-12-7-5-11(18)6-8-12/h5-8,19H,3-4,9-10H2,1-2H3,(H,20,23,26). The number of anilines is 2. The van der Waals surface area contributed by atoms with Crippen molar-refractivity contribution in [2.24, 2.45) is 0 Å². The minimum absolute atomic E-state index is 0.143. The fourth-order valence-electron chi connectivity index (χ4n) is 2.36. The zero-order valence-electron chi connectivity index (χ0n) is 15.5. The van der Waals surface area contributed by atoms with E-state index in [0.717, 1.165) is 22.9 Å². The fraction of sp³-hybridized carbons (Fsp3) is 0.353. The molecule has 2 N–H and O–H groups in total. The molecule has 0 saturated carbocycles. The molecular formula is C17H20ClN7OS2. The molecule has 0 aliphatic rings. The molecule has 0 saturated heterocycles. The van der Waals surface area contributed by atoms with Gasteiger partial charge >= 0.3 is 0 Å². The molecule has 0 spiro atoms. The zero-order chi connectivity index (χ0) is 19.9. The highest BCUT2D eigenvalue weighted by molar-refractivity contribution is 7.99. The first-order valence-electron chi connectivity index (χ1n) is 8.75. The number of aryl methyl sites for hydroxylation is 1. The Morgan fingerprint density at radius 3 is 2.64 bits per heavy atom. The van der Waals surface area contributed by atoms with E-state index in [9.17, 15) is 4.79 Å². The number of nitrogens with zero attached hydrogens (tertiary/aromatic N) is 5. The van der Waals surface area contributed by atoms with E-state index in [1.54, 1.807) is 0 Å². The lowest BCUT2D eigenvalue weighted by molar-refractivity contribution is -0.113. The number of rotatable bonds is 9. The van der Waals surface area contributed by atoms with Gasteiger partial charge in [-0.3, -0.25) is 10.1 Å². The molecule has 0 bridgehead atoms. The predicted octanol–water partition coefficient (Wildman–Crippen LogP) is 3.71. The lowest BCUT2D eigenvalue weighted by Crippen LogP contribution is -2.15. The molecule has 2 heterocycles. The van der Waals surface area contributed by atoms with Crippen LogP contribution in [0.4, 0.5) is 10.8 Å². The molecule has 3 rings (SSSR count). The highest BCUT2D eigenvalue weighted by Crippen LogP contribution is 2.20. The number of hydrogen-bond donors (Lipinski definition) is 2. The summed E-state index contributed by atoms with van der Waals surface area (Å²) in [5.41, 5.74) is 0.951. The molecule has 1 amide bonds. The Bertz CT molecular complexity index is 926. The van der Waals surface area contributed by atoms with Crippen LogP contribution >= 0.6 is 34.7 Å². The minimum atomic E-state index is -0.143. The van der Waals surface area contributed by atoms with Gasteiger partial charge in [0.15, 0.2) is 11.0 Å². The predicted molar refractivity (Wildman–Crippen MR) is 113 cm³/mol. The number of halogens is 1. The third-order valence-electron chi connectivity index (χ3n) is 3.75. The number of benzene rings is 1. The van der Waals surface area contributed by atoms with Crippen molar-refractivity contribution in [2.45, 2.75) is 38.5 Å². The average molecular weight is 438 g/mol. The van der Waals surface area contributed by atoms with Crippen LogP contribution in [0.3, 0.4) is 0 Å². The van der Waals surface area contributed by atoms with E-state index < -0.39 is 0 Å². The lowest BCUT2D eigenvalue weighted by atomic mass is 10.3. The van der Waals surface area contributed by atoms with Gasteiger partial charge in [-0.2, -0.15) is 0 Å². The van der Waals surface area contributed by atoms with Gasteiger partial charge in [-0.25, -0.2) is 0 Å². The van der Waals surface area contributed by atoms with Crippen molar-refractivity contribution in [3.63, 3.8) is 0 Å². The van der Waals surface area contributed by atoms with Gasteiger partial charge in [-0.05, 0) is 37.6 Å². The third-order valence-corrected chi connectivity index (χ3v) is 5.95. The molecule has 11 heteroatoms. The monoisotopic (exact) mass is 437 g/mol. The number of amides is 1. The van der Waals surface area contributed by atoms with Crippen LogP contribution in [0.5, 0.6) is 0 Å². The van der Waals surface area contributed by atoms with E-state index in [0.29, 0.717) is 28.4 Å². The summed E-state index contributed by atoms with van der Waals surface area (Å²) in [7, 11) is 0. The van der Waals surface area contributed by atoms with E-state index in [2.05, 4.69) is 31.0 Å². The molecular weight excluding hydrogens is 418 g/mol. The van der Waals surface area contributed by atoms with Gasteiger partial charge in [-0.15, -0.1) is 20.4 Å². The van der Waals surface area contributed by atoms with Crippen LogP contribution in [0, 0.1) is 0 Å². The Hall–Kier alpha value is -2.17. The summed E-state index contributed by atoms with van der Waals surface area (Å²) in [5.74, 6) is 0.886. The van der Waals surface area contributed by atoms with Crippen molar-refractivity contribution in [1.29, 1.82) is 0 Å². The molecule has 0 aliphatic carbocycles. The number of aromatic nitrogens is 5. The molecule has 148 valence electrons. The molecule has 28 heavy (non-hydrogen) atoms. The summed E-state index contributed by atoms with van der Waals surface area (Å²) in [5, 5.41) is 25.3. The van der Waals surface area contributed by atoms with Crippen molar-refractivity contribution >= 4 is 51.4 Å². The molecule has 1 aromatic carbocycles. The Balaban J connectivity index is 1.55. The highest BCUT2D eigenvalue weighted by Gasteiger charge is 2.14. The molecule has 3 aromatic rings. The van der Waals surface area contributed by atoms with E-state index >= 15 is 0 Å². The molecule has 0 unspecified atom stereocenters. The summed E-state index contributed by atoms with van der Waals surface area (Å²) in [4.78, 5) is 12.2. The van der Waals surface area contributed by atoms with E-state index in [1.165, 1.54) is 23.1 Å². The van der Waals surface area contributed by atoms with Crippen molar-refractivity contribution in [1.82, 2.24) is 25.0 Å². The van der Waals surface area contributed by atoms with Crippen LogP contribution in [-0.2, 0) is 24.3 Å². The summed E-state index contributed by atoms with van der Waals surface area (Å²) in [6, 6.07) is 7.48. The van der Waals surface area contributed by atoms with Crippen LogP contribution in [-0.4, -0.2) is 36.6 Å². The van der Waals surface area contributed by atoms with Gasteiger partial charge in [0, 0.05) is 17.3 Å². The van der Waals surface area contributed by atoms with Crippen molar-refractivity contribution in [3.8, 4) is 0 Å². The topological polar surface area (TPSA) is 97.6 Å². The quantitative estimate of drug-likeness (QED) is 0.492. The first-order chi connectivity index (χ1) is 13.6. The van der Waals surface area contributed by atoms with Crippen LogP contribution in [0.1, 0.15) is 24.7 Å². The van der Waals surface area contributed by atoms with Crippen molar-refractivity contribution < 1.29 is 4.79 Å². The fourth-order valence-corrected chi connectivity index (χ4v) is 4.00. The van der Waals surface area contributed by atoms with Gasteiger partial charge in [0.2, 0.25) is 11.0 Å². The maximum absolute atomic E-state index is 12.2. The zero-order valence-corrected chi connectivity index (χ0v) is 17.9. The maximum Gasteiger partial charge on any atom is 0.236 e. The van der Waals surface area contributed by atoms with Crippen LogP contribution in [0.2, 0.25) is 5.02 Å². The van der Waals surface area contributed by atoms with E-state index in [-0.39, 0.29) is 11.7 Å². The number of carbonyl (C=O) groups excluding carboxylic acids is 1. The first-order valence-corrected chi connectivity index (χ1v) is 10.9. The van der Waals surface area contributed by atoms with Gasteiger partial charge in [0.1, 0.15) is 5.01 Å². The van der Waals surface area contributed by atoms with Gasteiger partial charge in [0.25, 0.3) is 0 Å². The second kappa shape index (κ2) is 9.85. The smallest absolute Gasteiger partial charge is 0.236 e. The van der Waals surface area contributed by atoms with Gasteiger partial charge in [0.05, 0.1) is 12.3 Å².